The standard InChI is InChI=1S/C14H16BrN3/c1-10-6-14(17-8-13(10)15)18(2)9-11-4-3-5-12(16)7-11/h3-8H,9,16H2,1-2H3. The van der Waals surface area contributed by atoms with E-state index in [1.165, 1.54) is 11.1 Å². The number of benzene rings is 1. The van der Waals surface area contributed by atoms with Crippen molar-refractivity contribution in [3.63, 3.8) is 0 Å². The number of hydrogen-bond acceptors (Lipinski definition) is 3. The highest BCUT2D eigenvalue weighted by molar-refractivity contribution is 9.10. The van der Waals surface area contributed by atoms with Gasteiger partial charge in [0.1, 0.15) is 5.82 Å². The molecular weight excluding hydrogens is 290 g/mol. The Hall–Kier alpha value is -1.55. The number of nitrogens with two attached hydrogens (primary N) is 1. The first-order valence-electron chi connectivity index (χ1n) is 5.74. The van der Waals surface area contributed by atoms with Crippen molar-refractivity contribution in [2.24, 2.45) is 0 Å². The molecule has 0 fully saturated rings. The van der Waals surface area contributed by atoms with Gasteiger partial charge in [-0.2, -0.15) is 0 Å². The van der Waals surface area contributed by atoms with Gasteiger partial charge in [0.25, 0.3) is 0 Å². The second-order valence-corrected chi connectivity index (χ2v) is 5.25. The Bertz CT molecular complexity index is 554. The van der Waals surface area contributed by atoms with Crippen LogP contribution in [-0.4, -0.2) is 12.0 Å². The van der Waals surface area contributed by atoms with E-state index < -0.39 is 0 Å². The number of nitrogen functional groups attached to an aromatic ring is 1. The molecule has 2 N–H and O–H groups in total. The molecule has 0 bridgehead atoms. The maximum atomic E-state index is 5.78. The van der Waals surface area contributed by atoms with Crippen LogP contribution in [0.2, 0.25) is 0 Å². The zero-order valence-electron chi connectivity index (χ0n) is 10.5. The number of anilines is 2. The van der Waals surface area contributed by atoms with E-state index in [0.29, 0.717) is 0 Å². The van der Waals surface area contributed by atoms with E-state index in [1.54, 1.807) is 0 Å². The van der Waals surface area contributed by atoms with Crippen LogP contribution in [-0.2, 0) is 6.54 Å². The highest BCUT2D eigenvalue weighted by Gasteiger charge is 2.05. The molecule has 4 heteroatoms. The molecule has 3 nitrogen and oxygen atoms in total. The number of halogens is 1. The topological polar surface area (TPSA) is 42.1 Å². The SMILES string of the molecule is Cc1cc(N(C)Cc2cccc(N)c2)ncc1Br. The van der Waals surface area contributed by atoms with Crippen LogP contribution in [0.5, 0.6) is 0 Å². The number of hydrogen-bond donors (Lipinski definition) is 1. The molecule has 0 atom stereocenters. The number of pyridine rings is 1. The monoisotopic (exact) mass is 305 g/mol. The molecule has 0 amide bonds. The number of aromatic nitrogens is 1. The highest BCUT2D eigenvalue weighted by atomic mass is 79.9. The minimum atomic E-state index is 0.791. The van der Waals surface area contributed by atoms with Gasteiger partial charge in [0, 0.05) is 29.9 Å². The lowest BCUT2D eigenvalue weighted by Gasteiger charge is -2.19. The molecule has 94 valence electrons. The third-order valence-electron chi connectivity index (χ3n) is 2.79. The summed E-state index contributed by atoms with van der Waals surface area (Å²) in [4.78, 5) is 6.51. The van der Waals surface area contributed by atoms with E-state index in [0.717, 1.165) is 22.5 Å². The fraction of sp³-hybridized carbons (Fsp3) is 0.214. The van der Waals surface area contributed by atoms with Gasteiger partial charge in [-0.05, 0) is 52.2 Å². The molecule has 1 aromatic carbocycles. The predicted molar refractivity (Wildman–Crippen MR) is 79.6 cm³/mol. The van der Waals surface area contributed by atoms with E-state index >= 15 is 0 Å². The van der Waals surface area contributed by atoms with Gasteiger partial charge in [0.2, 0.25) is 0 Å². The first-order valence-corrected chi connectivity index (χ1v) is 6.53. The Kier molecular flexibility index (Phi) is 3.87. The van der Waals surface area contributed by atoms with Crippen molar-refractivity contribution in [1.82, 2.24) is 4.98 Å². The van der Waals surface area contributed by atoms with Crippen LogP contribution < -0.4 is 10.6 Å². The van der Waals surface area contributed by atoms with Gasteiger partial charge in [-0.25, -0.2) is 4.98 Å². The lowest BCUT2D eigenvalue weighted by atomic mass is 10.2. The van der Waals surface area contributed by atoms with Crippen molar-refractivity contribution in [3.05, 3.63) is 52.1 Å². The summed E-state index contributed by atoms with van der Waals surface area (Å²) in [7, 11) is 2.03. The summed E-state index contributed by atoms with van der Waals surface area (Å²) in [5, 5.41) is 0. The highest BCUT2D eigenvalue weighted by Crippen LogP contribution is 2.20. The van der Waals surface area contributed by atoms with Crippen molar-refractivity contribution < 1.29 is 0 Å². The van der Waals surface area contributed by atoms with Gasteiger partial charge in [-0.3, -0.25) is 0 Å². The van der Waals surface area contributed by atoms with Crippen LogP contribution in [0.15, 0.2) is 41.0 Å². The minimum absolute atomic E-state index is 0.791. The molecule has 1 heterocycles. The molecule has 0 aliphatic heterocycles. The number of rotatable bonds is 3. The molecule has 18 heavy (non-hydrogen) atoms. The van der Waals surface area contributed by atoms with Gasteiger partial charge < -0.3 is 10.6 Å². The van der Waals surface area contributed by atoms with Gasteiger partial charge >= 0.3 is 0 Å². The summed E-state index contributed by atoms with van der Waals surface area (Å²) in [6, 6.07) is 9.99. The van der Waals surface area contributed by atoms with Crippen molar-refractivity contribution in [1.29, 1.82) is 0 Å². The van der Waals surface area contributed by atoms with Crippen LogP contribution in [0.3, 0.4) is 0 Å². The minimum Gasteiger partial charge on any atom is -0.399 e. The fourth-order valence-electron chi connectivity index (χ4n) is 1.78. The largest absolute Gasteiger partial charge is 0.399 e. The molecular formula is C14H16BrN3. The van der Waals surface area contributed by atoms with Gasteiger partial charge in [0.15, 0.2) is 0 Å². The van der Waals surface area contributed by atoms with Crippen molar-refractivity contribution >= 4 is 27.4 Å². The summed E-state index contributed by atoms with van der Waals surface area (Å²) in [6.07, 6.45) is 1.83. The predicted octanol–water partition coefficient (Wildman–Crippen LogP) is 3.37. The van der Waals surface area contributed by atoms with Crippen LogP contribution in [0.1, 0.15) is 11.1 Å². The quantitative estimate of drug-likeness (QED) is 0.884. The maximum Gasteiger partial charge on any atom is 0.128 e. The summed E-state index contributed by atoms with van der Waals surface area (Å²) in [5.41, 5.74) is 8.93. The van der Waals surface area contributed by atoms with E-state index in [4.69, 9.17) is 5.73 Å². The summed E-state index contributed by atoms with van der Waals surface area (Å²) < 4.78 is 1.03. The van der Waals surface area contributed by atoms with Crippen LogP contribution in [0.25, 0.3) is 0 Å². The molecule has 0 aliphatic rings. The Labute approximate surface area is 116 Å². The Morgan fingerprint density at radius 2 is 2.11 bits per heavy atom. The van der Waals surface area contributed by atoms with Crippen LogP contribution in [0.4, 0.5) is 11.5 Å². The van der Waals surface area contributed by atoms with E-state index in [1.807, 2.05) is 31.4 Å². The van der Waals surface area contributed by atoms with Gasteiger partial charge in [0.05, 0.1) is 0 Å². The normalized spacial score (nSPS) is 10.4. The van der Waals surface area contributed by atoms with E-state index in [2.05, 4.69) is 44.9 Å². The van der Waals surface area contributed by atoms with Crippen molar-refractivity contribution in [3.8, 4) is 0 Å². The van der Waals surface area contributed by atoms with Crippen molar-refractivity contribution in [2.45, 2.75) is 13.5 Å². The Morgan fingerprint density at radius 3 is 2.78 bits per heavy atom. The molecule has 2 aromatic rings. The van der Waals surface area contributed by atoms with E-state index in [9.17, 15) is 0 Å². The zero-order chi connectivity index (χ0) is 13.1. The Balaban J connectivity index is 2.16. The summed E-state index contributed by atoms with van der Waals surface area (Å²) >= 11 is 3.46. The fourth-order valence-corrected chi connectivity index (χ4v) is 2.00. The molecule has 0 aliphatic carbocycles. The average Bonchev–Trinajstić information content (AvgIpc) is 2.32. The molecule has 0 radical (unpaired) electrons. The molecule has 0 unspecified atom stereocenters. The number of aryl methyl sites for hydroxylation is 1. The van der Waals surface area contributed by atoms with Crippen LogP contribution in [0, 0.1) is 6.92 Å². The maximum absolute atomic E-state index is 5.78. The smallest absolute Gasteiger partial charge is 0.128 e. The first-order chi connectivity index (χ1) is 8.56. The molecule has 2 rings (SSSR count). The van der Waals surface area contributed by atoms with Crippen LogP contribution >= 0.6 is 15.9 Å². The Morgan fingerprint density at radius 1 is 1.33 bits per heavy atom. The lowest BCUT2D eigenvalue weighted by Crippen LogP contribution is -2.17. The average molecular weight is 306 g/mol. The second-order valence-electron chi connectivity index (χ2n) is 4.39. The zero-order valence-corrected chi connectivity index (χ0v) is 12.1. The summed E-state index contributed by atoms with van der Waals surface area (Å²) in [5.74, 6) is 0.957. The third kappa shape index (κ3) is 3.01. The molecule has 0 spiro atoms. The molecule has 0 saturated heterocycles. The summed E-state index contributed by atoms with van der Waals surface area (Å²) in [6.45, 7) is 2.85. The first kappa shape index (κ1) is 12.9. The second kappa shape index (κ2) is 5.40. The lowest BCUT2D eigenvalue weighted by molar-refractivity contribution is 0.896. The van der Waals surface area contributed by atoms with Gasteiger partial charge in [-0.15, -0.1) is 0 Å². The molecule has 1 aromatic heterocycles. The molecule has 0 saturated carbocycles. The van der Waals surface area contributed by atoms with Gasteiger partial charge in [-0.1, -0.05) is 12.1 Å². The number of nitrogens with zero attached hydrogens (tertiary/aromatic N) is 2. The van der Waals surface area contributed by atoms with Crippen molar-refractivity contribution in [2.75, 3.05) is 17.7 Å². The third-order valence-corrected chi connectivity index (χ3v) is 3.62. The van der Waals surface area contributed by atoms with E-state index in [-0.39, 0.29) is 0 Å².